The number of carbonyl (C=O) groups excluding carboxylic acids is 1. The predicted octanol–water partition coefficient (Wildman–Crippen LogP) is 3.20. The average molecular weight is 473 g/mol. The van der Waals surface area contributed by atoms with Gasteiger partial charge in [-0.3, -0.25) is 9.59 Å². The first-order valence-corrected chi connectivity index (χ1v) is 11.5. The van der Waals surface area contributed by atoms with Crippen LogP contribution in [0.2, 0.25) is 0 Å². The van der Waals surface area contributed by atoms with Crippen molar-refractivity contribution in [3.05, 3.63) is 69.2 Å². The van der Waals surface area contributed by atoms with E-state index in [9.17, 15) is 18.0 Å². The summed E-state index contributed by atoms with van der Waals surface area (Å²) >= 11 is 0. The molecule has 33 heavy (non-hydrogen) atoms. The molecule has 8 nitrogen and oxygen atoms in total. The third kappa shape index (κ3) is 4.79. The van der Waals surface area contributed by atoms with Crippen LogP contribution in [0.25, 0.3) is 5.57 Å². The Morgan fingerprint density at radius 2 is 1.82 bits per heavy atom. The number of rotatable bonds is 6. The smallest absolute Gasteiger partial charge is 0.278 e. The first-order valence-electron chi connectivity index (χ1n) is 10.4. The number of Topliss-reactive ketones (excluding diaryl/α,β-unsaturated/α-hetero) is 1. The number of hydrogen-bond donors (Lipinski definition) is 1. The highest BCUT2D eigenvalue weighted by Crippen LogP contribution is 2.37. The zero-order valence-corrected chi connectivity index (χ0v) is 20.4. The van der Waals surface area contributed by atoms with E-state index in [4.69, 9.17) is 9.47 Å². The lowest BCUT2D eigenvalue weighted by atomic mass is 9.79. The first kappa shape index (κ1) is 24.5. The standard InChI is InChI=1S/C24H28N2O6S/c1-14-18(22(27)19-12-25-26(23(19)28)24(3,4)5)11-20(33(29)30)15(2)21(14)16-7-9-17(10-8-16)32-13-31-6/h7-12,15,25H,13H2,1-6H3. The molecule has 1 N–H and O–H groups in total. The van der Waals surface area contributed by atoms with Crippen LogP contribution in [0.4, 0.5) is 0 Å². The first-order chi connectivity index (χ1) is 15.5. The van der Waals surface area contributed by atoms with E-state index in [-0.39, 0.29) is 22.8 Å². The van der Waals surface area contributed by atoms with Gasteiger partial charge < -0.3 is 14.6 Å². The summed E-state index contributed by atoms with van der Waals surface area (Å²) in [6, 6.07) is 7.12. The van der Waals surface area contributed by atoms with Gasteiger partial charge in [-0.25, -0.2) is 4.68 Å². The number of carbonyl (C=O) groups is 1. The van der Waals surface area contributed by atoms with E-state index in [1.54, 1.807) is 26.0 Å². The van der Waals surface area contributed by atoms with Crippen molar-refractivity contribution in [3.63, 3.8) is 0 Å². The fourth-order valence-corrected chi connectivity index (χ4v) is 4.54. The largest absolute Gasteiger partial charge is 0.468 e. The van der Waals surface area contributed by atoms with E-state index in [0.29, 0.717) is 16.9 Å². The van der Waals surface area contributed by atoms with Crippen molar-refractivity contribution in [2.24, 2.45) is 5.92 Å². The lowest BCUT2D eigenvalue weighted by Crippen LogP contribution is -2.34. The van der Waals surface area contributed by atoms with Crippen molar-refractivity contribution in [2.45, 2.75) is 40.2 Å². The summed E-state index contributed by atoms with van der Waals surface area (Å²) in [6.07, 6.45) is 2.75. The summed E-state index contributed by atoms with van der Waals surface area (Å²) in [5, 5.41) is 2.84. The van der Waals surface area contributed by atoms with Crippen LogP contribution in [-0.4, -0.2) is 42.7 Å². The van der Waals surface area contributed by atoms with Gasteiger partial charge in [0, 0.05) is 24.8 Å². The predicted molar refractivity (Wildman–Crippen MR) is 127 cm³/mol. The molecule has 1 aromatic carbocycles. The van der Waals surface area contributed by atoms with Gasteiger partial charge in [-0.15, -0.1) is 0 Å². The molecule has 1 aliphatic rings. The number of benzene rings is 1. The Kier molecular flexibility index (Phi) is 6.94. The number of hydrogen-bond acceptors (Lipinski definition) is 6. The molecule has 2 aromatic rings. The Morgan fingerprint density at radius 1 is 1.18 bits per heavy atom. The lowest BCUT2D eigenvalue weighted by molar-refractivity contribution is 0.0511. The van der Waals surface area contributed by atoms with Crippen LogP contribution in [0.15, 0.2) is 52.5 Å². The third-order valence-electron chi connectivity index (χ3n) is 5.59. The van der Waals surface area contributed by atoms with Gasteiger partial charge in [0.1, 0.15) is 11.3 Å². The van der Waals surface area contributed by atoms with Crippen LogP contribution in [-0.2, 0) is 20.6 Å². The Bertz CT molecular complexity index is 1320. The molecule has 0 bridgehead atoms. The summed E-state index contributed by atoms with van der Waals surface area (Å²) in [5.74, 6) is -0.395. The van der Waals surface area contributed by atoms with Crippen molar-refractivity contribution in [1.29, 1.82) is 0 Å². The summed E-state index contributed by atoms with van der Waals surface area (Å²) in [4.78, 5) is 26.4. The monoisotopic (exact) mass is 472 g/mol. The Morgan fingerprint density at radius 3 is 2.33 bits per heavy atom. The van der Waals surface area contributed by atoms with Crippen molar-refractivity contribution in [2.75, 3.05) is 13.9 Å². The summed E-state index contributed by atoms with van der Waals surface area (Å²) in [7, 11) is -1.01. The van der Waals surface area contributed by atoms with E-state index >= 15 is 0 Å². The van der Waals surface area contributed by atoms with Crippen molar-refractivity contribution in [3.8, 4) is 5.75 Å². The number of aromatic amines is 1. The molecular weight excluding hydrogens is 444 g/mol. The molecule has 1 unspecified atom stereocenters. The molecule has 1 heterocycles. The molecule has 9 heteroatoms. The minimum Gasteiger partial charge on any atom is -0.468 e. The summed E-state index contributed by atoms with van der Waals surface area (Å²) in [5.41, 5.74) is 1.22. The molecule has 0 aliphatic heterocycles. The maximum Gasteiger partial charge on any atom is 0.278 e. The van der Waals surface area contributed by atoms with Crippen molar-refractivity contribution < 1.29 is 22.7 Å². The zero-order chi connectivity index (χ0) is 24.5. The van der Waals surface area contributed by atoms with E-state index < -0.39 is 33.1 Å². The molecule has 3 rings (SSSR count). The number of allylic oxidation sites excluding steroid dienone is 4. The molecule has 176 valence electrons. The second kappa shape index (κ2) is 9.36. The van der Waals surface area contributed by atoms with E-state index in [1.165, 1.54) is 24.1 Å². The minimum atomic E-state index is -2.54. The topological polar surface area (TPSA) is 107 Å². The minimum absolute atomic E-state index is 0.0382. The molecule has 1 atom stereocenters. The Balaban J connectivity index is 2.13. The molecule has 1 aromatic heterocycles. The van der Waals surface area contributed by atoms with Crippen LogP contribution in [0.5, 0.6) is 5.75 Å². The molecule has 0 radical (unpaired) electrons. The summed E-state index contributed by atoms with van der Waals surface area (Å²) < 4.78 is 35.7. The summed E-state index contributed by atoms with van der Waals surface area (Å²) in [6.45, 7) is 9.18. The van der Waals surface area contributed by atoms with Crippen molar-refractivity contribution >= 4 is 26.5 Å². The highest BCUT2D eigenvalue weighted by atomic mass is 32.2. The van der Waals surface area contributed by atoms with Gasteiger partial charge in [0.15, 0.2) is 12.6 Å². The third-order valence-corrected chi connectivity index (χ3v) is 6.44. The van der Waals surface area contributed by atoms with Gasteiger partial charge in [-0.1, -0.05) is 19.1 Å². The fourth-order valence-electron chi connectivity index (χ4n) is 3.92. The van der Waals surface area contributed by atoms with Gasteiger partial charge in [-0.05, 0) is 62.6 Å². The molecule has 0 saturated carbocycles. The number of nitrogens with zero attached hydrogens (tertiary/aromatic N) is 1. The van der Waals surface area contributed by atoms with Crippen molar-refractivity contribution in [1.82, 2.24) is 9.78 Å². The van der Waals surface area contributed by atoms with Gasteiger partial charge in [-0.2, -0.15) is 8.42 Å². The molecule has 0 spiro atoms. The zero-order valence-electron chi connectivity index (χ0n) is 19.6. The van der Waals surface area contributed by atoms with Crippen LogP contribution in [0, 0.1) is 5.92 Å². The molecule has 0 fully saturated rings. The fraction of sp³-hybridized carbons (Fsp3) is 0.375. The maximum atomic E-state index is 13.4. The number of nitrogens with one attached hydrogen (secondary N) is 1. The van der Waals surface area contributed by atoms with E-state index in [0.717, 1.165) is 5.56 Å². The van der Waals surface area contributed by atoms with Gasteiger partial charge in [0.2, 0.25) is 10.3 Å². The SMILES string of the molecule is COCOc1ccc(C2=C(C)C(C(=O)c3c[nH]n(C(C)(C)C)c3=O)=CC(=S(=O)=O)C2C)cc1. The normalized spacial score (nSPS) is 16.6. The van der Waals surface area contributed by atoms with E-state index in [2.05, 4.69) is 5.10 Å². The molecule has 1 aliphatic carbocycles. The molecule has 0 saturated heterocycles. The number of ether oxygens (including phenoxy) is 2. The number of H-pyrrole nitrogens is 1. The number of methoxy groups -OCH3 is 1. The maximum absolute atomic E-state index is 13.4. The molecule has 0 amide bonds. The second-order valence-electron chi connectivity index (χ2n) is 8.86. The van der Waals surface area contributed by atoms with Gasteiger partial charge in [0.05, 0.1) is 10.4 Å². The average Bonchev–Trinajstić information content (AvgIpc) is 3.14. The highest BCUT2D eigenvalue weighted by Gasteiger charge is 2.31. The Hall–Kier alpha value is -3.17. The Labute approximate surface area is 194 Å². The van der Waals surface area contributed by atoms with Crippen LogP contribution in [0.1, 0.15) is 50.5 Å². The second-order valence-corrected chi connectivity index (χ2v) is 9.80. The highest BCUT2D eigenvalue weighted by molar-refractivity contribution is 7.73. The van der Waals surface area contributed by atoms with Gasteiger partial charge >= 0.3 is 0 Å². The van der Waals surface area contributed by atoms with Crippen LogP contribution < -0.4 is 10.3 Å². The van der Waals surface area contributed by atoms with Gasteiger partial charge in [0.25, 0.3) is 5.56 Å². The quantitative estimate of drug-likeness (QED) is 0.393. The number of ketones is 1. The number of aromatic nitrogens is 2. The van der Waals surface area contributed by atoms with Crippen LogP contribution in [0.3, 0.4) is 0 Å². The van der Waals surface area contributed by atoms with Crippen LogP contribution >= 0.6 is 0 Å². The lowest BCUT2D eigenvalue weighted by Gasteiger charge is -2.25. The molecular formula is C24H28N2O6S. The van der Waals surface area contributed by atoms with E-state index in [1.807, 2.05) is 32.9 Å².